The lowest BCUT2D eigenvalue weighted by Gasteiger charge is -2.24. The Hall–Kier alpha value is -2.95. The number of nitrogens with one attached hydrogen (secondary N) is 1. The number of hydrogen-bond acceptors (Lipinski definition) is 4. The number of hydrogen-bond donors (Lipinski definition) is 1. The minimum absolute atomic E-state index is 0.0450. The van der Waals surface area contributed by atoms with E-state index in [2.05, 4.69) is 15.3 Å². The van der Waals surface area contributed by atoms with Gasteiger partial charge in [-0.05, 0) is 56.2 Å². The van der Waals surface area contributed by atoms with Gasteiger partial charge in [0.15, 0.2) is 6.10 Å². The van der Waals surface area contributed by atoms with Gasteiger partial charge < -0.3 is 10.1 Å². The van der Waals surface area contributed by atoms with Crippen molar-refractivity contribution in [1.29, 1.82) is 0 Å². The normalized spacial score (nSPS) is 15.9. The first-order chi connectivity index (χ1) is 13.7. The van der Waals surface area contributed by atoms with Crippen LogP contribution in [-0.4, -0.2) is 28.0 Å². The van der Waals surface area contributed by atoms with Gasteiger partial charge >= 0.3 is 0 Å². The lowest BCUT2D eigenvalue weighted by Crippen LogP contribution is -2.43. The van der Waals surface area contributed by atoms with Gasteiger partial charge in [-0.2, -0.15) is 0 Å². The Morgan fingerprint density at radius 2 is 1.75 bits per heavy atom. The van der Waals surface area contributed by atoms with E-state index >= 15 is 0 Å². The van der Waals surface area contributed by atoms with Crippen molar-refractivity contribution in [1.82, 2.24) is 15.3 Å². The van der Waals surface area contributed by atoms with E-state index in [0.717, 1.165) is 35.1 Å². The van der Waals surface area contributed by atoms with E-state index in [0.29, 0.717) is 11.8 Å². The molecule has 1 saturated carbocycles. The highest BCUT2D eigenvalue weighted by Gasteiger charge is 2.20. The maximum absolute atomic E-state index is 12.4. The monoisotopic (exact) mass is 375 g/mol. The number of rotatable bonds is 5. The predicted octanol–water partition coefficient (Wildman–Crippen LogP) is 4.51. The molecule has 1 aliphatic carbocycles. The molecular formula is C23H25N3O2. The van der Waals surface area contributed by atoms with Gasteiger partial charge in [0.05, 0.1) is 22.9 Å². The average molecular weight is 375 g/mol. The molecule has 28 heavy (non-hydrogen) atoms. The summed E-state index contributed by atoms with van der Waals surface area (Å²) in [4.78, 5) is 21.5. The van der Waals surface area contributed by atoms with Crippen molar-refractivity contribution in [3.05, 3.63) is 54.7 Å². The standard InChI is InChI=1S/C23H25N3O2/c1-16(23(27)25-18-7-3-2-4-8-18)28-19-13-11-17(12-14-19)22-15-24-20-9-5-6-10-21(20)26-22/h5-6,9-16,18H,2-4,7-8H2,1H3,(H,25,27)/t16-/m1/s1. The van der Waals surface area contributed by atoms with E-state index in [4.69, 9.17) is 4.74 Å². The number of carbonyl (C=O) groups excluding carboxylic acids is 1. The number of ether oxygens (including phenoxy) is 1. The van der Waals surface area contributed by atoms with Crippen LogP contribution >= 0.6 is 0 Å². The Morgan fingerprint density at radius 1 is 1.04 bits per heavy atom. The van der Waals surface area contributed by atoms with Gasteiger partial charge in [0.1, 0.15) is 5.75 Å². The van der Waals surface area contributed by atoms with Crippen LogP contribution in [0, 0.1) is 0 Å². The fraction of sp³-hybridized carbons (Fsp3) is 0.348. The second kappa shape index (κ2) is 8.38. The Kier molecular flexibility index (Phi) is 5.51. The molecule has 0 saturated heterocycles. The van der Waals surface area contributed by atoms with Gasteiger partial charge in [-0.25, -0.2) is 4.98 Å². The van der Waals surface area contributed by atoms with Crippen molar-refractivity contribution in [3.8, 4) is 17.0 Å². The molecule has 2 aromatic carbocycles. The Balaban J connectivity index is 1.40. The summed E-state index contributed by atoms with van der Waals surface area (Å²) in [5.74, 6) is 0.625. The minimum Gasteiger partial charge on any atom is -0.481 e. The third-order valence-corrected chi connectivity index (χ3v) is 5.23. The van der Waals surface area contributed by atoms with Gasteiger partial charge in [-0.3, -0.25) is 9.78 Å². The SMILES string of the molecule is C[C@@H](Oc1ccc(-c2cnc3ccccc3n2)cc1)C(=O)NC1CCCCC1. The number of aromatic nitrogens is 2. The van der Waals surface area contributed by atoms with Crippen LogP contribution in [0.2, 0.25) is 0 Å². The van der Waals surface area contributed by atoms with E-state index in [1.54, 1.807) is 13.1 Å². The molecule has 0 bridgehead atoms. The van der Waals surface area contributed by atoms with Crippen LogP contribution in [-0.2, 0) is 4.79 Å². The van der Waals surface area contributed by atoms with Crippen molar-refractivity contribution in [2.24, 2.45) is 0 Å². The summed E-state index contributed by atoms with van der Waals surface area (Å²) in [6, 6.07) is 15.7. The summed E-state index contributed by atoms with van der Waals surface area (Å²) >= 11 is 0. The van der Waals surface area contributed by atoms with Crippen molar-refractivity contribution in [3.63, 3.8) is 0 Å². The van der Waals surface area contributed by atoms with Crippen molar-refractivity contribution >= 4 is 16.9 Å². The smallest absolute Gasteiger partial charge is 0.260 e. The summed E-state index contributed by atoms with van der Waals surface area (Å²) in [6.45, 7) is 1.79. The zero-order valence-electron chi connectivity index (χ0n) is 16.1. The summed E-state index contributed by atoms with van der Waals surface area (Å²) < 4.78 is 5.83. The molecule has 5 heteroatoms. The second-order valence-electron chi connectivity index (χ2n) is 7.37. The lowest BCUT2D eigenvalue weighted by molar-refractivity contribution is -0.128. The molecule has 1 heterocycles. The van der Waals surface area contributed by atoms with Crippen LogP contribution in [0.1, 0.15) is 39.0 Å². The Bertz CT molecular complexity index is 949. The number of nitrogens with zero attached hydrogens (tertiary/aromatic N) is 2. The van der Waals surface area contributed by atoms with Crippen LogP contribution in [0.25, 0.3) is 22.3 Å². The van der Waals surface area contributed by atoms with Gasteiger partial charge in [0, 0.05) is 11.6 Å². The van der Waals surface area contributed by atoms with E-state index in [1.807, 2.05) is 48.5 Å². The highest BCUT2D eigenvalue weighted by Crippen LogP contribution is 2.23. The molecular weight excluding hydrogens is 350 g/mol. The van der Waals surface area contributed by atoms with Gasteiger partial charge in [-0.1, -0.05) is 31.4 Å². The highest BCUT2D eigenvalue weighted by atomic mass is 16.5. The van der Waals surface area contributed by atoms with Crippen molar-refractivity contribution in [2.45, 2.75) is 51.2 Å². The van der Waals surface area contributed by atoms with Crippen LogP contribution < -0.4 is 10.1 Å². The zero-order valence-corrected chi connectivity index (χ0v) is 16.1. The maximum Gasteiger partial charge on any atom is 0.260 e. The van der Waals surface area contributed by atoms with Crippen LogP contribution in [0.15, 0.2) is 54.7 Å². The van der Waals surface area contributed by atoms with Gasteiger partial charge in [0.25, 0.3) is 5.91 Å². The minimum atomic E-state index is -0.520. The quantitative estimate of drug-likeness (QED) is 0.712. The number of fused-ring (bicyclic) bond motifs is 1. The number of amides is 1. The summed E-state index contributed by atoms with van der Waals surface area (Å²) in [5.41, 5.74) is 3.52. The van der Waals surface area contributed by atoms with Crippen LogP contribution in [0.4, 0.5) is 0 Å². The van der Waals surface area contributed by atoms with Crippen LogP contribution in [0.3, 0.4) is 0 Å². The number of para-hydroxylation sites is 2. The highest BCUT2D eigenvalue weighted by molar-refractivity contribution is 5.81. The third-order valence-electron chi connectivity index (χ3n) is 5.23. The molecule has 4 rings (SSSR count). The summed E-state index contributed by atoms with van der Waals surface area (Å²) in [5, 5.41) is 3.11. The zero-order chi connectivity index (χ0) is 19.3. The molecule has 1 N–H and O–H groups in total. The molecule has 1 atom stereocenters. The van der Waals surface area contributed by atoms with Crippen molar-refractivity contribution in [2.75, 3.05) is 0 Å². The van der Waals surface area contributed by atoms with E-state index in [1.165, 1.54) is 19.3 Å². The fourth-order valence-corrected chi connectivity index (χ4v) is 3.62. The lowest BCUT2D eigenvalue weighted by atomic mass is 9.95. The molecule has 1 fully saturated rings. The van der Waals surface area contributed by atoms with E-state index < -0.39 is 6.10 Å². The Morgan fingerprint density at radius 3 is 2.50 bits per heavy atom. The maximum atomic E-state index is 12.4. The number of carbonyl (C=O) groups is 1. The third kappa shape index (κ3) is 4.30. The molecule has 1 aromatic heterocycles. The molecule has 1 amide bonds. The van der Waals surface area contributed by atoms with E-state index in [-0.39, 0.29) is 5.91 Å². The Labute approximate surface area is 165 Å². The fourth-order valence-electron chi connectivity index (χ4n) is 3.62. The largest absolute Gasteiger partial charge is 0.481 e. The molecule has 3 aromatic rings. The molecule has 5 nitrogen and oxygen atoms in total. The summed E-state index contributed by atoms with van der Waals surface area (Å²) in [7, 11) is 0. The summed E-state index contributed by atoms with van der Waals surface area (Å²) in [6.07, 6.45) is 7.05. The molecule has 0 radical (unpaired) electrons. The molecule has 0 aliphatic heterocycles. The van der Waals surface area contributed by atoms with E-state index in [9.17, 15) is 4.79 Å². The first-order valence-corrected chi connectivity index (χ1v) is 9.98. The second-order valence-corrected chi connectivity index (χ2v) is 7.37. The molecule has 1 aliphatic rings. The predicted molar refractivity (Wildman–Crippen MR) is 110 cm³/mol. The first-order valence-electron chi connectivity index (χ1n) is 9.98. The molecule has 0 unspecified atom stereocenters. The van der Waals surface area contributed by atoms with Crippen LogP contribution in [0.5, 0.6) is 5.75 Å². The van der Waals surface area contributed by atoms with Crippen molar-refractivity contribution < 1.29 is 9.53 Å². The first kappa shape index (κ1) is 18.4. The van der Waals surface area contributed by atoms with Gasteiger partial charge in [-0.15, -0.1) is 0 Å². The average Bonchev–Trinajstić information content (AvgIpc) is 2.74. The van der Waals surface area contributed by atoms with Gasteiger partial charge in [0.2, 0.25) is 0 Å². The number of benzene rings is 2. The molecule has 144 valence electrons. The molecule has 0 spiro atoms. The topological polar surface area (TPSA) is 64.1 Å².